The molecule has 0 bridgehead atoms. The summed E-state index contributed by atoms with van der Waals surface area (Å²) < 4.78 is 0. The second-order valence-corrected chi connectivity index (χ2v) is 10.8. The SMILES string of the molecule is CCC1CC/C(c2ccc(C(C)(C)C)cc2)=C\CC(c2ccc(C(C)(C)C)cc2)=N1. The summed E-state index contributed by atoms with van der Waals surface area (Å²) in [7, 11) is 0. The molecule has 0 N–H and O–H groups in total. The van der Waals surface area contributed by atoms with Crippen LogP contribution >= 0.6 is 0 Å². The van der Waals surface area contributed by atoms with Gasteiger partial charge in [0.25, 0.3) is 0 Å². The summed E-state index contributed by atoms with van der Waals surface area (Å²) in [4.78, 5) is 5.16. The molecule has 0 aliphatic carbocycles. The Labute approximate surface area is 184 Å². The Bertz CT molecular complexity index is 897. The monoisotopic (exact) mass is 401 g/mol. The molecule has 2 aromatic rings. The van der Waals surface area contributed by atoms with Crippen LogP contribution in [0.3, 0.4) is 0 Å². The molecule has 1 aliphatic rings. The summed E-state index contributed by atoms with van der Waals surface area (Å²) in [6, 6.07) is 18.7. The van der Waals surface area contributed by atoms with Crippen LogP contribution in [0.5, 0.6) is 0 Å². The predicted octanol–water partition coefficient (Wildman–Crippen LogP) is 8.12. The first-order valence-corrected chi connectivity index (χ1v) is 11.6. The van der Waals surface area contributed by atoms with Crippen LogP contribution in [-0.4, -0.2) is 11.8 Å². The zero-order chi connectivity index (χ0) is 21.9. The lowest BCUT2D eigenvalue weighted by Crippen LogP contribution is -2.14. The van der Waals surface area contributed by atoms with E-state index in [0.29, 0.717) is 6.04 Å². The van der Waals surface area contributed by atoms with Crippen molar-refractivity contribution >= 4 is 11.3 Å². The Balaban J connectivity index is 1.88. The maximum Gasteiger partial charge on any atom is 0.0503 e. The van der Waals surface area contributed by atoms with E-state index < -0.39 is 0 Å². The Morgan fingerprint density at radius 3 is 1.73 bits per heavy atom. The number of hydrogen-bond acceptors (Lipinski definition) is 1. The minimum absolute atomic E-state index is 0.180. The van der Waals surface area contributed by atoms with Gasteiger partial charge in [0.2, 0.25) is 0 Å². The zero-order valence-electron chi connectivity index (χ0n) is 20.0. The van der Waals surface area contributed by atoms with Crippen LogP contribution in [0.15, 0.2) is 59.6 Å². The van der Waals surface area contributed by atoms with E-state index in [-0.39, 0.29) is 10.8 Å². The molecule has 3 rings (SSSR count). The Morgan fingerprint density at radius 1 is 0.767 bits per heavy atom. The lowest BCUT2D eigenvalue weighted by molar-refractivity contribution is 0.589. The molecule has 0 saturated heterocycles. The van der Waals surface area contributed by atoms with E-state index in [2.05, 4.69) is 103 Å². The third-order valence-electron chi connectivity index (χ3n) is 6.30. The highest BCUT2D eigenvalue weighted by Crippen LogP contribution is 2.29. The minimum atomic E-state index is 0.180. The molecule has 1 heteroatoms. The van der Waals surface area contributed by atoms with E-state index in [0.717, 1.165) is 25.7 Å². The molecule has 0 radical (unpaired) electrons. The van der Waals surface area contributed by atoms with Crippen LogP contribution in [-0.2, 0) is 10.8 Å². The van der Waals surface area contributed by atoms with E-state index in [1.165, 1.54) is 33.5 Å². The third kappa shape index (κ3) is 5.50. The highest BCUT2D eigenvalue weighted by Gasteiger charge is 2.17. The van der Waals surface area contributed by atoms with Gasteiger partial charge < -0.3 is 0 Å². The number of benzene rings is 2. The Hall–Kier alpha value is -2.15. The van der Waals surface area contributed by atoms with E-state index in [1.54, 1.807) is 0 Å². The molecule has 0 amide bonds. The minimum Gasteiger partial charge on any atom is -0.285 e. The average Bonchev–Trinajstić information content (AvgIpc) is 2.67. The summed E-state index contributed by atoms with van der Waals surface area (Å²) in [6.45, 7) is 15.9. The summed E-state index contributed by atoms with van der Waals surface area (Å²) >= 11 is 0. The molecule has 30 heavy (non-hydrogen) atoms. The molecule has 1 unspecified atom stereocenters. The summed E-state index contributed by atoms with van der Waals surface area (Å²) in [5.74, 6) is 0. The van der Waals surface area contributed by atoms with E-state index >= 15 is 0 Å². The van der Waals surface area contributed by atoms with Crippen LogP contribution in [0.4, 0.5) is 0 Å². The first kappa shape index (κ1) is 22.5. The summed E-state index contributed by atoms with van der Waals surface area (Å²) in [6.07, 6.45) is 6.63. The van der Waals surface area contributed by atoms with Crippen LogP contribution in [0.1, 0.15) is 96.4 Å². The van der Waals surface area contributed by atoms with Crippen LogP contribution in [0, 0.1) is 0 Å². The van der Waals surface area contributed by atoms with Gasteiger partial charge in [-0.05, 0) is 57.9 Å². The number of hydrogen-bond donors (Lipinski definition) is 0. The Morgan fingerprint density at radius 2 is 1.27 bits per heavy atom. The normalized spacial score (nSPS) is 20.0. The van der Waals surface area contributed by atoms with Gasteiger partial charge in [-0.25, -0.2) is 0 Å². The van der Waals surface area contributed by atoms with Crippen molar-refractivity contribution in [2.75, 3.05) is 0 Å². The van der Waals surface area contributed by atoms with Gasteiger partial charge in [0.1, 0.15) is 0 Å². The average molecular weight is 402 g/mol. The van der Waals surface area contributed by atoms with Gasteiger partial charge in [-0.2, -0.15) is 0 Å². The number of allylic oxidation sites excluding steroid dienone is 2. The van der Waals surface area contributed by atoms with Gasteiger partial charge in [0.15, 0.2) is 0 Å². The van der Waals surface area contributed by atoms with Gasteiger partial charge in [0, 0.05) is 12.1 Å². The lowest BCUT2D eigenvalue weighted by Gasteiger charge is -2.22. The van der Waals surface area contributed by atoms with Crippen molar-refractivity contribution in [1.82, 2.24) is 0 Å². The molecule has 0 aromatic heterocycles. The van der Waals surface area contributed by atoms with Crippen molar-refractivity contribution in [3.8, 4) is 0 Å². The lowest BCUT2D eigenvalue weighted by atomic mass is 9.85. The Kier molecular flexibility index (Phi) is 6.70. The quantitative estimate of drug-likeness (QED) is 0.492. The zero-order valence-corrected chi connectivity index (χ0v) is 20.0. The number of nitrogens with zero attached hydrogens (tertiary/aromatic N) is 1. The standard InChI is InChI=1S/C29H39N/c1-8-26-19-13-22(21-9-15-24(16-10-21)28(2,3)4)14-20-27(30-26)23-11-17-25(18-12-23)29(5,6)7/h9-12,14-18,26H,8,13,19-20H2,1-7H3/b22-14+,30-27?. The summed E-state index contributed by atoms with van der Waals surface area (Å²) in [5, 5.41) is 0. The fourth-order valence-corrected chi connectivity index (χ4v) is 4.08. The molecule has 1 nitrogen and oxygen atoms in total. The van der Waals surface area contributed by atoms with Gasteiger partial charge in [0.05, 0.1) is 6.04 Å². The molecular weight excluding hydrogens is 362 g/mol. The maximum absolute atomic E-state index is 5.16. The fourth-order valence-electron chi connectivity index (χ4n) is 4.08. The van der Waals surface area contributed by atoms with Gasteiger partial charge in [-0.3, -0.25) is 4.99 Å². The highest BCUT2D eigenvalue weighted by atomic mass is 14.8. The molecule has 1 aliphatic heterocycles. The van der Waals surface area contributed by atoms with Gasteiger partial charge >= 0.3 is 0 Å². The highest BCUT2D eigenvalue weighted by molar-refractivity contribution is 6.02. The molecule has 1 heterocycles. The van der Waals surface area contributed by atoms with E-state index in [1.807, 2.05) is 0 Å². The van der Waals surface area contributed by atoms with E-state index in [4.69, 9.17) is 4.99 Å². The third-order valence-corrected chi connectivity index (χ3v) is 6.30. The molecule has 1 atom stereocenters. The second kappa shape index (κ2) is 8.92. The topological polar surface area (TPSA) is 12.4 Å². The first-order valence-electron chi connectivity index (χ1n) is 11.6. The van der Waals surface area contributed by atoms with Crippen molar-refractivity contribution in [1.29, 1.82) is 0 Å². The van der Waals surface area contributed by atoms with Crippen LogP contribution < -0.4 is 0 Å². The number of aliphatic imine (C=N–C) groups is 1. The van der Waals surface area contributed by atoms with Gasteiger partial charge in [-0.15, -0.1) is 0 Å². The largest absolute Gasteiger partial charge is 0.285 e. The van der Waals surface area contributed by atoms with Crippen molar-refractivity contribution in [2.24, 2.45) is 4.99 Å². The fraction of sp³-hybridized carbons (Fsp3) is 0.483. The van der Waals surface area contributed by atoms with Crippen molar-refractivity contribution < 1.29 is 0 Å². The molecule has 0 saturated carbocycles. The summed E-state index contributed by atoms with van der Waals surface area (Å²) in [5.41, 5.74) is 8.47. The van der Waals surface area contributed by atoms with Gasteiger partial charge in [-0.1, -0.05) is 103 Å². The number of rotatable bonds is 3. The van der Waals surface area contributed by atoms with Crippen LogP contribution in [0.25, 0.3) is 5.57 Å². The molecule has 0 fully saturated rings. The van der Waals surface area contributed by atoms with Crippen molar-refractivity contribution in [3.63, 3.8) is 0 Å². The van der Waals surface area contributed by atoms with Crippen molar-refractivity contribution in [2.45, 2.75) is 91.0 Å². The van der Waals surface area contributed by atoms with E-state index in [9.17, 15) is 0 Å². The molecule has 0 spiro atoms. The molecular formula is C29H39N. The molecule has 2 aromatic carbocycles. The van der Waals surface area contributed by atoms with Crippen molar-refractivity contribution in [3.05, 3.63) is 76.9 Å². The maximum atomic E-state index is 5.16. The first-order chi connectivity index (χ1) is 14.1. The predicted molar refractivity (Wildman–Crippen MR) is 133 cm³/mol. The van der Waals surface area contributed by atoms with Crippen LogP contribution in [0.2, 0.25) is 0 Å². The second-order valence-electron chi connectivity index (χ2n) is 10.8. The molecule has 160 valence electrons. The smallest absolute Gasteiger partial charge is 0.0503 e.